The van der Waals surface area contributed by atoms with Crippen LogP contribution in [0, 0.1) is 0 Å². The molecule has 0 saturated carbocycles. The molecule has 0 aliphatic heterocycles. The van der Waals surface area contributed by atoms with E-state index in [0.29, 0.717) is 18.2 Å². The van der Waals surface area contributed by atoms with Crippen molar-refractivity contribution in [3.8, 4) is 11.5 Å². The van der Waals surface area contributed by atoms with Crippen molar-refractivity contribution in [1.29, 1.82) is 0 Å². The first-order valence-corrected chi connectivity index (χ1v) is 7.78. The van der Waals surface area contributed by atoms with E-state index in [1.165, 1.54) is 0 Å². The second-order valence-electron chi connectivity index (χ2n) is 4.45. The molecule has 0 aliphatic rings. The smallest absolute Gasteiger partial charge is 0.133 e. The molecule has 2 aromatic rings. The maximum absolute atomic E-state index is 6.28. The van der Waals surface area contributed by atoms with Crippen LogP contribution in [-0.2, 0) is 11.3 Å². The van der Waals surface area contributed by atoms with Crippen molar-refractivity contribution in [2.45, 2.75) is 6.54 Å². The second-order valence-corrected chi connectivity index (χ2v) is 5.77. The van der Waals surface area contributed by atoms with Crippen LogP contribution in [0.1, 0.15) is 5.56 Å². The van der Waals surface area contributed by atoms with Gasteiger partial charge in [-0.1, -0.05) is 39.7 Å². The van der Waals surface area contributed by atoms with E-state index in [0.717, 1.165) is 28.1 Å². The van der Waals surface area contributed by atoms with Gasteiger partial charge in [0.15, 0.2) is 0 Å². The van der Waals surface area contributed by atoms with Crippen LogP contribution >= 0.6 is 27.5 Å². The van der Waals surface area contributed by atoms with Gasteiger partial charge in [0.05, 0.1) is 6.61 Å². The first-order valence-electron chi connectivity index (χ1n) is 6.61. The zero-order valence-corrected chi connectivity index (χ0v) is 14.1. The number of hydrogen-bond acceptors (Lipinski definition) is 3. The molecule has 0 aliphatic carbocycles. The molecule has 2 rings (SSSR count). The Morgan fingerprint density at radius 3 is 2.76 bits per heavy atom. The van der Waals surface area contributed by atoms with Gasteiger partial charge in [-0.15, -0.1) is 0 Å². The summed E-state index contributed by atoms with van der Waals surface area (Å²) in [4.78, 5) is 0. The topological polar surface area (TPSA) is 30.5 Å². The van der Waals surface area contributed by atoms with Gasteiger partial charge in [0.2, 0.25) is 0 Å². The quantitative estimate of drug-likeness (QED) is 0.721. The summed E-state index contributed by atoms with van der Waals surface area (Å²) >= 11 is 9.71. The summed E-state index contributed by atoms with van der Waals surface area (Å²) in [5, 5.41) is 3.97. The Kier molecular flexibility index (Phi) is 6.51. The minimum Gasteiger partial charge on any atom is -0.457 e. The van der Waals surface area contributed by atoms with E-state index in [9.17, 15) is 0 Å². The van der Waals surface area contributed by atoms with Crippen molar-refractivity contribution in [2.75, 3.05) is 20.3 Å². The summed E-state index contributed by atoms with van der Waals surface area (Å²) in [6.07, 6.45) is 0. The lowest BCUT2D eigenvalue weighted by Crippen LogP contribution is -2.19. The zero-order valence-electron chi connectivity index (χ0n) is 11.7. The summed E-state index contributed by atoms with van der Waals surface area (Å²) in [5.74, 6) is 1.52. The van der Waals surface area contributed by atoms with Crippen molar-refractivity contribution in [1.82, 2.24) is 5.32 Å². The minimum absolute atomic E-state index is 0.631. The summed E-state index contributed by atoms with van der Waals surface area (Å²) < 4.78 is 11.9. The highest BCUT2D eigenvalue weighted by molar-refractivity contribution is 9.10. The van der Waals surface area contributed by atoms with Crippen LogP contribution in [0.5, 0.6) is 11.5 Å². The molecule has 5 heteroatoms. The Morgan fingerprint density at radius 1 is 1.19 bits per heavy atom. The summed E-state index contributed by atoms with van der Waals surface area (Å²) in [7, 11) is 1.68. The number of hydrogen-bond donors (Lipinski definition) is 1. The molecular weight excluding hydrogens is 354 g/mol. The van der Waals surface area contributed by atoms with E-state index in [4.69, 9.17) is 21.1 Å². The van der Waals surface area contributed by atoms with Gasteiger partial charge in [-0.3, -0.25) is 0 Å². The van der Waals surface area contributed by atoms with Gasteiger partial charge >= 0.3 is 0 Å². The normalized spacial score (nSPS) is 10.6. The van der Waals surface area contributed by atoms with Gasteiger partial charge in [0, 0.05) is 35.3 Å². The van der Waals surface area contributed by atoms with Crippen LogP contribution in [0.4, 0.5) is 0 Å². The Hall–Kier alpha value is -1.07. The van der Waals surface area contributed by atoms with E-state index in [1.807, 2.05) is 42.5 Å². The molecule has 2 aromatic carbocycles. The number of nitrogens with one attached hydrogen (secondary N) is 1. The number of ether oxygens (including phenoxy) is 2. The maximum Gasteiger partial charge on any atom is 0.133 e. The van der Waals surface area contributed by atoms with Gasteiger partial charge in [-0.25, -0.2) is 0 Å². The molecule has 0 aromatic heterocycles. The van der Waals surface area contributed by atoms with Gasteiger partial charge < -0.3 is 14.8 Å². The molecular formula is C16H17BrClNO2. The largest absolute Gasteiger partial charge is 0.457 e. The molecule has 3 nitrogen and oxygen atoms in total. The van der Waals surface area contributed by atoms with Crippen molar-refractivity contribution in [3.63, 3.8) is 0 Å². The van der Waals surface area contributed by atoms with E-state index in [-0.39, 0.29) is 0 Å². The summed E-state index contributed by atoms with van der Waals surface area (Å²) in [6, 6.07) is 13.4. The zero-order chi connectivity index (χ0) is 15.1. The fourth-order valence-electron chi connectivity index (χ4n) is 1.85. The van der Waals surface area contributed by atoms with Crippen LogP contribution < -0.4 is 10.1 Å². The molecule has 0 saturated heterocycles. The molecule has 0 atom stereocenters. The molecule has 0 bridgehead atoms. The molecule has 1 N–H and O–H groups in total. The van der Waals surface area contributed by atoms with Crippen molar-refractivity contribution < 1.29 is 9.47 Å². The third kappa shape index (κ3) is 5.00. The number of methoxy groups -OCH3 is 1. The van der Waals surface area contributed by atoms with Gasteiger partial charge in [-0.2, -0.15) is 0 Å². The van der Waals surface area contributed by atoms with E-state index in [1.54, 1.807) is 7.11 Å². The Labute approximate surface area is 138 Å². The predicted molar refractivity (Wildman–Crippen MR) is 89.3 cm³/mol. The van der Waals surface area contributed by atoms with Crippen LogP contribution in [0.25, 0.3) is 0 Å². The first kappa shape index (κ1) is 16.3. The Morgan fingerprint density at radius 2 is 2.00 bits per heavy atom. The lowest BCUT2D eigenvalue weighted by Gasteiger charge is -2.13. The number of benzene rings is 2. The van der Waals surface area contributed by atoms with Crippen molar-refractivity contribution in [3.05, 3.63) is 57.5 Å². The van der Waals surface area contributed by atoms with Crippen molar-refractivity contribution in [2.24, 2.45) is 0 Å². The van der Waals surface area contributed by atoms with Gasteiger partial charge in [-0.05, 0) is 30.3 Å². The first-order chi connectivity index (χ1) is 10.2. The average Bonchev–Trinajstić information content (AvgIpc) is 2.46. The monoisotopic (exact) mass is 369 g/mol. The van der Waals surface area contributed by atoms with E-state index in [2.05, 4.69) is 21.2 Å². The minimum atomic E-state index is 0.631. The van der Waals surface area contributed by atoms with Gasteiger partial charge in [0.1, 0.15) is 11.5 Å². The SMILES string of the molecule is COCCNCc1c(Cl)cccc1Oc1cccc(Br)c1. The van der Waals surface area contributed by atoms with E-state index < -0.39 is 0 Å². The highest BCUT2D eigenvalue weighted by Crippen LogP contribution is 2.31. The standard InChI is InChI=1S/C16H17BrClNO2/c1-20-9-8-19-11-14-15(18)6-3-7-16(14)21-13-5-2-4-12(17)10-13/h2-7,10,19H,8-9,11H2,1H3. The Balaban J connectivity index is 2.13. The molecule has 0 radical (unpaired) electrons. The van der Waals surface area contributed by atoms with Gasteiger partial charge in [0.25, 0.3) is 0 Å². The highest BCUT2D eigenvalue weighted by Gasteiger charge is 2.09. The summed E-state index contributed by atoms with van der Waals surface area (Å²) in [6.45, 7) is 2.05. The second kappa shape index (κ2) is 8.39. The third-order valence-corrected chi connectivity index (χ3v) is 3.73. The number of halogens is 2. The fraction of sp³-hybridized carbons (Fsp3) is 0.250. The van der Waals surface area contributed by atoms with Crippen LogP contribution in [-0.4, -0.2) is 20.3 Å². The average molecular weight is 371 g/mol. The van der Waals surface area contributed by atoms with Crippen LogP contribution in [0.2, 0.25) is 5.02 Å². The molecule has 0 spiro atoms. The third-order valence-electron chi connectivity index (χ3n) is 2.88. The fourth-order valence-corrected chi connectivity index (χ4v) is 2.46. The Bertz CT molecular complexity index is 592. The maximum atomic E-state index is 6.28. The lowest BCUT2D eigenvalue weighted by molar-refractivity contribution is 0.199. The molecule has 112 valence electrons. The molecule has 0 unspecified atom stereocenters. The van der Waals surface area contributed by atoms with E-state index >= 15 is 0 Å². The molecule has 21 heavy (non-hydrogen) atoms. The van der Waals surface area contributed by atoms with Crippen molar-refractivity contribution >= 4 is 27.5 Å². The predicted octanol–water partition coefficient (Wildman–Crippen LogP) is 4.63. The molecule has 0 fully saturated rings. The highest BCUT2D eigenvalue weighted by atomic mass is 79.9. The molecule has 0 heterocycles. The summed E-state index contributed by atoms with van der Waals surface area (Å²) in [5.41, 5.74) is 0.940. The number of rotatable bonds is 7. The van der Waals surface area contributed by atoms with Crippen LogP contribution in [0.15, 0.2) is 46.9 Å². The molecule has 0 amide bonds. The van der Waals surface area contributed by atoms with Crippen LogP contribution in [0.3, 0.4) is 0 Å². The lowest BCUT2D eigenvalue weighted by atomic mass is 10.2.